The molecule has 0 fully saturated rings. The van der Waals surface area contributed by atoms with Crippen LogP contribution in [0.25, 0.3) is 0 Å². The van der Waals surface area contributed by atoms with Gasteiger partial charge in [-0.2, -0.15) is 0 Å². The molecule has 0 unspecified atom stereocenters. The van der Waals surface area contributed by atoms with Gasteiger partial charge in [0.1, 0.15) is 0 Å². The zero-order valence-corrected chi connectivity index (χ0v) is 9.21. The molecule has 1 aromatic carbocycles. The van der Waals surface area contributed by atoms with E-state index in [1.807, 2.05) is 25.1 Å². The van der Waals surface area contributed by atoms with Gasteiger partial charge < -0.3 is 10.8 Å². The lowest BCUT2D eigenvalue weighted by atomic mass is 10.0. The molecular weight excluding hydrogens is 230 g/mol. The first-order valence-corrected chi connectivity index (χ1v) is 5.07. The molecule has 0 spiro atoms. The van der Waals surface area contributed by atoms with Gasteiger partial charge in [-0.15, -0.1) is 0 Å². The summed E-state index contributed by atoms with van der Waals surface area (Å²) in [6, 6.07) is 5.98. The maximum atomic E-state index is 8.76. The molecule has 0 bridgehead atoms. The topological polar surface area (TPSA) is 46.2 Å². The molecule has 0 amide bonds. The van der Waals surface area contributed by atoms with Gasteiger partial charge in [-0.1, -0.05) is 33.6 Å². The van der Waals surface area contributed by atoms with Crippen molar-refractivity contribution in [3.8, 4) is 0 Å². The highest BCUT2D eigenvalue weighted by Crippen LogP contribution is 2.24. The molecule has 3 heteroatoms. The molecule has 0 radical (unpaired) electrons. The summed E-state index contributed by atoms with van der Waals surface area (Å²) in [6.45, 7) is 2.16. The average Bonchev–Trinajstić information content (AvgIpc) is 2.09. The van der Waals surface area contributed by atoms with Gasteiger partial charge in [0.05, 0.1) is 0 Å². The normalized spacial score (nSPS) is 12.9. The SMILES string of the molecule is Cc1ccc(Br)c([C@H](N)CCO)c1. The second kappa shape index (κ2) is 4.74. The summed E-state index contributed by atoms with van der Waals surface area (Å²) in [5.41, 5.74) is 8.14. The molecule has 0 aliphatic heterocycles. The zero-order chi connectivity index (χ0) is 9.84. The summed E-state index contributed by atoms with van der Waals surface area (Å²) in [7, 11) is 0. The summed E-state index contributed by atoms with van der Waals surface area (Å²) in [6.07, 6.45) is 0.599. The lowest BCUT2D eigenvalue weighted by Crippen LogP contribution is -2.12. The molecule has 13 heavy (non-hydrogen) atoms. The smallest absolute Gasteiger partial charge is 0.0449 e. The predicted molar refractivity (Wildman–Crippen MR) is 57.5 cm³/mol. The largest absolute Gasteiger partial charge is 0.396 e. The Morgan fingerprint density at radius 3 is 2.85 bits per heavy atom. The number of benzene rings is 1. The Bertz CT molecular complexity index is 288. The predicted octanol–water partition coefficient (Wildman–Crippen LogP) is 2.14. The van der Waals surface area contributed by atoms with Crippen LogP contribution in [0.1, 0.15) is 23.6 Å². The highest BCUT2D eigenvalue weighted by Gasteiger charge is 2.08. The highest BCUT2D eigenvalue weighted by molar-refractivity contribution is 9.10. The van der Waals surface area contributed by atoms with Crippen LogP contribution in [0.15, 0.2) is 22.7 Å². The fraction of sp³-hybridized carbons (Fsp3) is 0.400. The van der Waals surface area contributed by atoms with Crippen LogP contribution in [0.3, 0.4) is 0 Å². The van der Waals surface area contributed by atoms with Crippen molar-refractivity contribution in [3.63, 3.8) is 0 Å². The van der Waals surface area contributed by atoms with Crippen molar-refractivity contribution in [1.29, 1.82) is 0 Å². The summed E-state index contributed by atoms with van der Waals surface area (Å²) < 4.78 is 1.01. The number of nitrogens with two attached hydrogens (primary N) is 1. The third-order valence-corrected chi connectivity index (χ3v) is 2.71. The maximum Gasteiger partial charge on any atom is 0.0449 e. The summed E-state index contributed by atoms with van der Waals surface area (Å²) in [5.74, 6) is 0. The van der Waals surface area contributed by atoms with Crippen LogP contribution in [0, 0.1) is 6.92 Å². The fourth-order valence-corrected chi connectivity index (χ4v) is 1.78. The molecule has 0 saturated heterocycles. The Kier molecular flexibility index (Phi) is 3.90. The molecule has 0 aromatic heterocycles. The molecule has 3 N–H and O–H groups in total. The van der Waals surface area contributed by atoms with Crippen LogP contribution in [0.5, 0.6) is 0 Å². The number of halogens is 1. The van der Waals surface area contributed by atoms with Crippen LogP contribution < -0.4 is 5.73 Å². The van der Waals surface area contributed by atoms with E-state index in [4.69, 9.17) is 10.8 Å². The maximum absolute atomic E-state index is 8.76. The summed E-state index contributed by atoms with van der Waals surface area (Å²) >= 11 is 3.44. The lowest BCUT2D eigenvalue weighted by molar-refractivity contribution is 0.276. The van der Waals surface area contributed by atoms with Gasteiger partial charge in [-0.05, 0) is 25.0 Å². The van der Waals surface area contributed by atoms with Gasteiger partial charge in [0.25, 0.3) is 0 Å². The molecule has 2 nitrogen and oxygen atoms in total. The first-order chi connectivity index (χ1) is 6.15. The zero-order valence-electron chi connectivity index (χ0n) is 7.63. The van der Waals surface area contributed by atoms with Gasteiger partial charge in [0.2, 0.25) is 0 Å². The fourth-order valence-electron chi connectivity index (χ4n) is 1.24. The third-order valence-electron chi connectivity index (χ3n) is 1.99. The van der Waals surface area contributed by atoms with E-state index >= 15 is 0 Å². The molecule has 72 valence electrons. The Balaban J connectivity index is 2.91. The average molecular weight is 244 g/mol. The van der Waals surface area contributed by atoms with Crippen LogP contribution in [-0.2, 0) is 0 Å². The van der Waals surface area contributed by atoms with Crippen LogP contribution in [-0.4, -0.2) is 11.7 Å². The molecule has 1 rings (SSSR count). The van der Waals surface area contributed by atoms with Crippen LogP contribution in [0.2, 0.25) is 0 Å². The van der Waals surface area contributed by atoms with Gasteiger partial charge in [-0.3, -0.25) is 0 Å². The first-order valence-electron chi connectivity index (χ1n) is 4.27. The van der Waals surface area contributed by atoms with E-state index in [1.54, 1.807) is 0 Å². The lowest BCUT2D eigenvalue weighted by Gasteiger charge is -2.13. The Morgan fingerprint density at radius 1 is 1.54 bits per heavy atom. The van der Waals surface area contributed by atoms with Gasteiger partial charge in [0.15, 0.2) is 0 Å². The minimum absolute atomic E-state index is 0.0840. The summed E-state index contributed by atoms with van der Waals surface area (Å²) in [5, 5.41) is 8.76. The van der Waals surface area contributed by atoms with Gasteiger partial charge in [0, 0.05) is 17.1 Å². The van der Waals surface area contributed by atoms with E-state index < -0.39 is 0 Å². The number of hydrogen-bond acceptors (Lipinski definition) is 2. The van der Waals surface area contributed by atoms with Crippen molar-refractivity contribution in [2.75, 3.05) is 6.61 Å². The molecule has 1 atom stereocenters. The van der Waals surface area contributed by atoms with Crippen molar-refractivity contribution < 1.29 is 5.11 Å². The van der Waals surface area contributed by atoms with E-state index in [0.29, 0.717) is 6.42 Å². The quantitative estimate of drug-likeness (QED) is 0.855. The number of rotatable bonds is 3. The monoisotopic (exact) mass is 243 g/mol. The molecule has 0 heterocycles. The van der Waals surface area contributed by atoms with E-state index in [2.05, 4.69) is 15.9 Å². The van der Waals surface area contributed by atoms with Crippen molar-refractivity contribution in [2.24, 2.45) is 5.73 Å². The number of aryl methyl sites for hydroxylation is 1. The number of aliphatic hydroxyl groups is 1. The standard InChI is InChI=1S/C10H14BrNO/c1-7-2-3-9(11)8(6-7)10(12)4-5-13/h2-3,6,10,13H,4-5,12H2,1H3/t10-/m1/s1. The number of aliphatic hydroxyl groups excluding tert-OH is 1. The Labute approximate surface area is 86.9 Å². The first kappa shape index (κ1) is 10.7. The van der Waals surface area contributed by atoms with Crippen molar-refractivity contribution in [1.82, 2.24) is 0 Å². The van der Waals surface area contributed by atoms with Crippen LogP contribution in [0.4, 0.5) is 0 Å². The second-order valence-electron chi connectivity index (χ2n) is 3.14. The highest BCUT2D eigenvalue weighted by atomic mass is 79.9. The molecular formula is C10H14BrNO. The van der Waals surface area contributed by atoms with Gasteiger partial charge in [-0.25, -0.2) is 0 Å². The van der Waals surface area contributed by atoms with Crippen molar-refractivity contribution in [2.45, 2.75) is 19.4 Å². The van der Waals surface area contributed by atoms with E-state index in [1.165, 1.54) is 5.56 Å². The van der Waals surface area contributed by atoms with E-state index in [-0.39, 0.29) is 12.6 Å². The third kappa shape index (κ3) is 2.79. The van der Waals surface area contributed by atoms with Gasteiger partial charge >= 0.3 is 0 Å². The van der Waals surface area contributed by atoms with Crippen molar-refractivity contribution in [3.05, 3.63) is 33.8 Å². The second-order valence-corrected chi connectivity index (χ2v) is 4.00. The summed E-state index contributed by atoms with van der Waals surface area (Å²) in [4.78, 5) is 0. The van der Waals surface area contributed by atoms with Crippen LogP contribution >= 0.6 is 15.9 Å². The molecule has 0 saturated carbocycles. The van der Waals surface area contributed by atoms with E-state index in [0.717, 1.165) is 10.0 Å². The molecule has 1 aromatic rings. The van der Waals surface area contributed by atoms with E-state index in [9.17, 15) is 0 Å². The molecule has 0 aliphatic rings. The number of hydrogen-bond donors (Lipinski definition) is 2. The minimum Gasteiger partial charge on any atom is -0.396 e. The minimum atomic E-state index is -0.0840. The van der Waals surface area contributed by atoms with Crippen molar-refractivity contribution >= 4 is 15.9 Å². The Morgan fingerprint density at radius 2 is 2.23 bits per heavy atom. The molecule has 0 aliphatic carbocycles. The Hall–Kier alpha value is -0.380.